The smallest absolute Gasteiger partial charge is 0.104 e. The van der Waals surface area contributed by atoms with Gasteiger partial charge in [0, 0.05) is 6.42 Å². The standard InChI is InChI=1S/C7H13NOS/c1-7(2)5-4-6(10)8(7)9-3/h4-5H2,1-3H3. The molecule has 0 N–H and O–H groups in total. The Labute approximate surface area is 67.1 Å². The fourth-order valence-electron chi connectivity index (χ4n) is 1.30. The van der Waals surface area contributed by atoms with E-state index in [1.165, 1.54) is 0 Å². The van der Waals surface area contributed by atoms with E-state index in [2.05, 4.69) is 13.8 Å². The maximum Gasteiger partial charge on any atom is 0.104 e. The number of hydrogen-bond acceptors (Lipinski definition) is 2. The lowest BCUT2D eigenvalue weighted by Gasteiger charge is -2.30. The van der Waals surface area contributed by atoms with Crippen molar-refractivity contribution in [2.75, 3.05) is 7.11 Å². The van der Waals surface area contributed by atoms with E-state index in [0.717, 1.165) is 17.8 Å². The second kappa shape index (κ2) is 2.47. The highest BCUT2D eigenvalue weighted by Crippen LogP contribution is 2.29. The summed E-state index contributed by atoms with van der Waals surface area (Å²) < 4.78 is 0. The Morgan fingerprint density at radius 2 is 2.20 bits per heavy atom. The molecule has 0 bridgehead atoms. The van der Waals surface area contributed by atoms with E-state index in [9.17, 15) is 0 Å². The van der Waals surface area contributed by atoms with Crippen LogP contribution in [0.25, 0.3) is 0 Å². The van der Waals surface area contributed by atoms with Gasteiger partial charge in [-0.05, 0) is 20.3 Å². The highest BCUT2D eigenvalue weighted by molar-refractivity contribution is 7.80. The monoisotopic (exact) mass is 159 g/mol. The van der Waals surface area contributed by atoms with Crippen LogP contribution in [-0.4, -0.2) is 22.7 Å². The quantitative estimate of drug-likeness (QED) is 0.541. The van der Waals surface area contributed by atoms with Crippen molar-refractivity contribution in [1.29, 1.82) is 0 Å². The molecular weight excluding hydrogens is 146 g/mol. The van der Waals surface area contributed by atoms with Gasteiger partial charge < -0.3 is 0 Å². The molecule has 10 heavy (non-hydrogen) atoms. The summed E-state index contributed by atoms with van der Waals surface area (Å²) in [6, 6.07) is 0. The minimum atomic E-state index is 0.103. The lowest BCUT2D eigenvalue weighted by Crippen LogP contribution is -2.38. The van der Waals surface area contributed by atoms with Crippen molar-refractivity contribution in [3.05, 3.63) is 0 Å². The number of rotatable bonds is 1. The Morgan fingerprint density at radius 3 is 2.40 bits per heavy atom. The lowest BCUT2D eigenvalue weighted by molar-refractivity contribution is -0.116. The fraction of sp³-hybridized carbons (Fsp3) is 0.857. The normalized spacial score (nSPS) is 23.9. The molecule has 0 saturated carbocycles. The molecule has 1 aliphatic heterocycles. The van der Waals surface area contributed by atoms with Crippen LogP contribution in [0.5, 0.6) is 0 Å². The van der Waals surface area contributed by atoms with Gasteiger partial charge in [-0.25, -0.2) is 5.06 Å². The molecule has 0 aromatic heterocycles. The molecule has 0 aliphatic carbocycles. The van der Waals surface area contributed by atoms with Crippen molar-refractivity contribution in [1.82, 2.24) is 5.06 Å². The molecule has 1 fully saturated rings. The Hall–Kier alpha value is -0.150. The summed E-state index contributed by atoms with van der Waals surface area (Å²) in [6.07, 6.45) is 2.08. The van der Waals surface area contributed by atoms with E-state index in [4.69, 9.17) is 17.1 Å². The average molecular weight is 159 g/mol. The predicted octanol–water partition coefficient (Wildman–Crippen LogP) is 1.75. The van der Waals surface area contributed by atoms with Crippen molar-refractivity contribution in [3.8, 4) is 0 Å². The van der Waals surface area contributed by atoms with Gasteiger partial charge in [-0.3, -0.25) is 4.84 Å². The molecule has 0 amide bonds. The topological polar surface area (TPSA) is 12.5 Å². The average Bonchev–Trinajstić information content (AvgIpc) is 2.07. The maximum atomic E-state index is 5.13. The van der Waals surface area contributed by atoms with E-state index in [1.807, 2.05) is 5.06 Å². The summed E-state index contributed by atoms with van der Waals surface area (Å²) in [5.74, 6) is 0. The third-order valence-corrected chi connectivity index (χ3v) is 2.28. The van der Waals surface area contributed by atoms with Crippen LogP contribution < -0.4 is 0 Å². The molecule has 58 valence electrons. The zero-order valence-electron chi connectivity index (χ0n) is 6.68. The van der Waals surface area contributed by atoms with Crippen molar-refractivity contribution in [2.45, 2.75) is 32.2 Å². The molecule has 0 atom stereocenters. The predicted molar refractivity (Wildman–Crippen MR) is 44.8 cm³/mol. The van der Waals surface area contributed by atoms with Gasteiger partial charge in [0.25, 0.3) is 0 Å². The van der Waals surface area contributed by atoms with Crippen LogP contribution in [0.3, 0.4) is 0 Å². The van der Waals surface area contributed by atoms with Gasteiger partial charge in [0.1, 0.15) is 4.99 Å². The summed E-state index contributed by atoms with van der Waals surface area (Å²) >= 11 is 5.09. The van der Waals surface area contributed by atoms with Gasteiger partial charge in [0.2, 0.25) is 0 Å². The van der Waals surface area contributed by atoms with Crippen LogP contribution in [0.2, 0.25) is 0 Å². The van der Waals surface area contributed by atoms with E-state index in [0.29, 0.717) is 0 Å². The third-order valence-electron chi connectivity index (χ3n) is 1.91. The van der Waals surface area contributed by atoms with E-state index in [1.54, 1.807) is 7.11 Å². The minimum absolute atomic E-state index is 0.103. The van der Waals surface area contributed by atoms with Gasteiger partial charge in [-0.15, -0.1) is 0 Å². The van der Waals surface area contributed by atoms with Gasteiger partial charge in [-0.1, -0.05) is 12.2 Å². The van der Waals surface area contributed by atoms with Crippen molar-refractivity contribution >= 4 is 17.2 Å². The molecule has 3 heteroatoms. The number of nitrogens with zero attached hydrogens (tertiary/aromatic N) is 1. The molecule has 0 spiro atoms. The summed E-state index contributed by atoms with van der Waals surface area (Å²) in [5, 5.41) is 1.82. The minimum Gasteiger partial charge on any atom is -0.276 e. The zero-order chi connectivity index (χ0) is 7.78. The summed E-state index contributed by atoms with van der Waals surface area (Å²) in [6.45, 7) is 4.27. The molecule has 0 aromatic rings. The van der Waals surface area contributed by atoms with Gasteiger partial charge >= 0.3 is 0 Å². The summed E-state index contributed by atoms with van der Waals surface area (Å²) in [7, 11) is 1.67. The van der Waals surface area contributed by atoms with Crippen molar-refractivity contribution in [3.63, 3.8) is 0 Å². The Kier molecular flexibility index (Phi) is 1.97. The molecule has 0 unspecified atom stereocenters. The second-order valence-electron chi connectivity index (χ2n) is 3.18. The van der Waals surface area contributed by atoms with Crippen LogP contribution in [0.1, 0.15) is 26.7 Å². The highest BCUT2D eigenvalue weighted by Gasteiger charge is 2.35. The van der Waals surface area contributed by atoms with Gasteiger partial charge in [0.15, 0.2) is 0 Å². The molecule has 0 aromatic carbocycles. The van der Waals surface area contributed by atoms with E-state index < -0.39 is 0 Å². The maximum absolute atomic E-state index is 5.13. The van der Waals surface area contributed by atoms with Gasteiger partial charge in [-0.2, -0.15) is 0 Å². The van der Waals surface area contributed by atoms with E-state index in [-0.39, 0.29) is 5.54 Å². The van der Waals surface area contributed by atoms with Crippen LogP contribution in [0.4, 0.5) is 0 Å². The number of thiocarbonyl (C=S) groups is 1. The first-order valence-electron chi connectivity index (χ1n) is 3.45. The first kappa shape index (κ1) is 7.95. The summed E-state index contributed by atoms with van der Waals surface area (Å²) in [5.41, 5.74) is 0.103. The van der Waals surface area contributed by atoms with Crippen molar-refractivity contribution < 1.29 is 4.84 Å². The van der Waals surface area contributed by atoms with Crippen LogP contribution >= 0.6 is 12.2 Å². The van der Waals surface area contributed by atoms with Crippen LogP contribution in [0.15, 0.2) is 0 Å². The zero-order valence-corrected chi connectivity index (χ0v) is 7.49. The number of hydrogen-bond donors (Lipinski definition) is 0. The van der Waals surface area contributed by atoms with Gasteiger partial charge in [0.05, 0.1) is 12.6 Å². The first-order valence-corrected chi connectivity index (χ1v) is 3.86. The van der Waals surface area contributed by atoms with Crippen LogP contribution in [-0.2, 0) is 4.84 Å². The molecule has 1 saturated heterocycles. The largest absolute Gasteiger partial charge is 0.276 e. The number of hydroxylamine groups is 2. The third kappa shape index (κ3) is 1.16. The Morgan fingerprint density at radius 1 is 1.60 bits per heavy atom. The summed E-state index contributed by atoms with van der Waals surface area (Å²) in [4.78, 5) is 6.05. The van der Waals surface area contributed by atoms with Crippen LogP contribution in [0, 0.1) is 0 Å². The SMILES string of the molecule is CON1C(=S)CCC1(C)C. The molecule has 2 nitrogen and oxygen atoms in total. The molecule has 1 heterocycles. The first-order chi connectivity index (χ1) is 4.58. The van der Waals surface area contributed by atoms with E-state index >= 15 is 0 Å². The highest BCUT2D eigenvalue weighted by atomic mass is 32.1. The Balaban J connectivity index is 2.73. The molecule has 0 radical (unpaired) electrons. The fourth-order valence-corrected chi connectivity index (χ4v) is 1.73. The molecule has 1 rings (SSSR count). The Bertz CT molecular complexity index is 156. The van der Waals surface area contributed by atoms with Crippen molar-refractivity contribution in [2.24, 2.45) is 0 Å². The lowest BCUT2D eigenvalue weighted by atomic mass is 10.0. The molecule has 1 aliphatic rings. The second-order valence-corrected chi connectivity index (χ2v) is 3.65. The molecular formula is C7H13NOS.